The number of amides is 1. The van der Waals surface area contributed by atoms with Crippen LogP contribution in [0.2, 0.25) is 5.02 Å². The molecule has 0 saturated carbocycles. The molecule has 0 spiro atoms. The predicted octanol–water partition coefficient (Wildman–Crippen LogP) is 4.27. The fourth-order valence-electron chi connectivity index (χ4n) is 3.35. The Hall–Kier alpha value is -1.65. The predicted molar refractivity (Wildman–Crippen MR) is 123 cm³/mol. The molecule has 2 heterocycles. The maximum absolute atomic E-state index is 12.9. The lowest BCUT2D eigenvalue weighted by Gasteiger charge is -2.30. The third kappa shape index (κ3) is 4.22. The minimum absolute atomic E-state index is 0.0125. The van der Waals surface area contributed by atoms with Crippen LogP contribution in [0.1, 0.15) is 12.0 Å². The number of benzene rings is 2. The van der Waals surface area contributed by atoms with Gasteiger partial charge in [0.2, 0.25) is 15.9 Å². The van der Waals surface area contributed by atoms with Gasteiger partial charge in [0, 0.05) is 31.4 Å². The molecule has 0 atom stereocenters. The molecular formula is C20H20ClN3O3S3. The molecule has 30 heavy (non-hydrogen) atoms. The van der Waals surface area contributed by atoms with E-state index in [1.807, 2.05) is 18.2 Å². The summed E-state index contributed by atoms with van der Waals surface area (Å²) in [6.07, 6.45) is 1.55. The van der Waals surface area contributed by atoms with E-state index in [0.717, 1.165) is 38.6 Å². The van der Waals surface area contributed by atoms with E-state index in [4.69, 9.17) is 11.6 Å². The molecule has 1 aliphatic rings. The molecular weight excluding hydrogens is 462 g/mol. The van der Waals surface area contributed by atoms with Gasteiger partial charge in [0.1, 0.15) is 0 Å². The second-order valence-corrected chi connectivity index (χ2v) is 11.9. The van der Waals surface area contributed by atoms with Crippen molar-refractivity contribution in [2.75, 3.05) is 31.3 Å². The number of halogens is 1. The highest BCUT2D eigenvalue weighted by Crippen LogP contribution is 2.33. The minimum atomic E-state index is -3.50. The molecule has 0 N–H and O–H groups in total. The summed E-state index contributed by atoms with van der Waals surface area (Å²) < 4.78 is 27.9. The lowest BCUT2D eigenvalue weighted by Crippen LogP contribution is -2.36. The quantitative estimate of drug-likeness (QED) is 0.509. The Morgan fingerprint density at radius 2 is 2.07 bits per heavy atom. The van der Waals surface area contributed by atoms with Crippen molar-refractivity contribution in [2.45, 2.75) is 22.1 Å². The monoisotopic (exact) mass is 481 g/mol. The van der Waals surface area contributed by atoms with Gasteiger partial charge in [0.15, 0.2) is 4.34 Å². The van der Waals surface area contributed by atoms with E-state index >= 15 is 0 Å². The zero-order chi connectivity index (χ0) is 21.5. The van der Waals surface area contributed by atoms with Gasteiger partial charge in [-0.15, -0.1) is 11.3 Å². The van der Waals surface area contributed by atoms with Crippen molar-refractivity contribution < 1.29 is 13.2 Å². The van der Waals surface area contributed by atoms with Crippen LogP contribution in [0, 0.1) is 0 Å². The topological polar surface area (TPSA) is 70.6 Å². The summed E-state index contributed by atoms with van der Waals surface area (Å²) in [5, 5.41) is 0.640. The van der Waals surface area contributed by atoms with Crippen LogP contribution < -0.4 is 4.90 Å². The highest BCUT2D eigenvalue weighted by Gasteiger charge is 2.26. The average Bonchev–Trinajstić information content (AvgIpc) is 3.13. The fourth-order valence-corrected chi connectivity index (χ4v) is 6.39. The molecule has 3 aromatic rings. The highest BCUT2D eigenvalue weighted by molar-refractivity contribution is 8.01. The number of anilines is 1. The zero-order valence-electron chi connectivity index (χ0n) is 16.5. The normalized spacial score (nSPS) is 14.3. The second-order valence-electron chi connectivity index (χ2n) is 7.11. The van der Waals surface area contributed by atoms with Crippen LogP contribution in [0.3, 0.4) is 0 Å². The summed E-state index contributed by atoms with van der Waals surface area (Å²) in [4.78, 5) is 19.5. The van der Waals surface area contributed by atoms with Crippen molar-refractivity contribution in [3.63, 3.8) is 0 Å². The Balaban J connectivity index is 1.51. The molecule has 0 fully saturated rings. The van der Waals surface area contributed by atoms with E-state index in [0.29, 0.717) is 11.6 Å². The van der Waals surface area contributed by atoms with Crippen molar-refractivity contribution in [1.82, 2.24) is 9.29 Å². The van der Waals surface area contributed by atoms with Gasteiger partial charge >= 0.3 is 0 Å². The number of rotatable bonds is 5. The number of hydrogen-bond acceptors (Lipinski definition) is 6. The van der Waals surface area contributed by atoms with Crippen LogP contribution >= 0.6 is 34.7 Å². The number of nitrogens with zero attached hydrogens (tertiary/aromatic N) is 3. The van der Waals surface area contributed by atoms with E-state index in [2.05, 4.69) is 4.98 Å². The first-order valence-corrected chi connectivity index (χ1v) is 12.9. The first-order chi connectivity index (χ1) is 14.3. The Morgan fingerprint density at radius 3 is 2.83 bits per heavy atom. The third-order valence-corrected chi connectivity index (χ3v) is 9.11. The number of hydrogen-bond donors (Lipinski definition) is 0. The summed E-state index contributed by atoms with van der Waals surface area (Å²) in [7, 11) is -0.477. The maximum Gasteiger partial charge on any atom is 0.242 e. The summed E-state index contributed by atoms with van der Waals surface area (Å²) in [6, 6.07) is 10.6. The Bertz CT molecular complexity index is 1220. The van der Waals surface area contributed by atoms with Crippen LogP contribution in [-0.2, 0) is 21.2 Å². The molecule has 1 aromatic heterocycles. The van der Waals surface area contributed by atoms with Gasteiger partial charge in [0.25, 0.3) is 0 Å². The molecule has 0 saturated heterocycles. The molecule has 0 radical (unpaired) electrons. The third-order valence-electron chi connectivity index (χ3n) is 4.90. The van der Waals surface area contributed by atoms with Crippen molar-refractivity contribution in [1.29, 1.82) is 0 Å². The molecule has 1 amide bonds. The first-order valence-electron chi connectivity index (χ1n) is 9.30. The standard InChI is InChI=1S/C20H20ClN3O3S3/c1-23(2)30(26,27)15-6-7-17-13(10-15)4-3-9-24(17)19(25)12-28-20-22-16-11-14(21)5-8-18(16)29-20/h5-8,10-11H,3-4,9,12H2,1-2H3. The maximum atomic E-state index is 12.9. The van der Waals surface area contributed by atoms with Gasteiger partial charge in [0.05, 0.1) is 20.9 Å². The van der Waals surface area contributed by atoms with Gasteiger partial charge in [-0.2, -0.15) is 0 Å². The summed E-state index contributed by atoms with van der Waals surface area (Å²) >= 11 is 8.97. The van der Waals surface area contributed by atoms with Gasteiger partial charge in [-0.05, 0) is 54.8 Å². The van der Waals surface area contributed by atoms with Crippen molar-refractivity contribution >= 4 is 66.5 Å². The summed E-state index contributed by atoms with van der Waals surface area (Å²) in [5.74, 6) is 0.256. The Morgan fingerprint density at radius 1 is 1.27 bits per heavy atom. The van der Waals surface area contributed by atoms with E-state index in [1.54, 1.807) is 23.1 Å². The minimum Gasteiger partial charge on any atom is -0.311 e. The Labute approximate surface area is 188 Å². The fraction of sp³-hybridized carbons (Fsp3) is 0.300. The SMILES string of the molecule is CN(C)S(=O)(=O)c1ccc2c(c1)CCCN2C(=O)CSc1nc2cc(Cl)ccc2s1. The van der Waals surface area contributed by atoms with Crippen molar-refractivity contribution in [2.24, 2.45) is 0 Å². The molecule has 4 rings (SSSR count). The van der Waals surface area contributed by atoms with Crippen LogP contribution in [0.5, 0.6) is 0 Å². The summed E-state index contributed by atoms with van der Waals surface area (Å²) in [5.41, 5.74) is 2.51. The van der Waals surface area contributed by atoms with Crippen LogP contribution in [0.15, 0.2) is 45.6 Å². The van der Waals surface area contributed by atoms with Crippen molar-refractivity contribution in [3.8, 4) is 0 Å². The van der Waals surface area contributed by atoms with Gasteiger partial charge in [-0.1, -0.05) is 23.4 Å². The highest BCUT2D eigenvalue weighted by atomic mass is 35.5. The average molecular weight is 482 g/mol. The number of carbonyl (C=O) groups is 1. The van der Waals surface area contributed by atoms with Gasteiger partial charge < -0.3 is 4.90 Å². The van der Waals surface area contributed by atoms with E-state index < -0.39 is 10.0 Å². The lowest BCUT2D eigenvalue weighted by atomic mass is 10.0. The van der Waals surface area contributed by atoms with E-state index in [1.165, 1.54) is 41.5 Å². The first kappa shape index (κ1) is 21.6. The molecule has 0 aliphatic carbocycles. The van der Waals surface area contributed by atoms with Gasteiger partial charge in [-0.25, -0.2) is 17.7 Å². The number of aromatic nitrogens is 1. The van der Waals surface area contributed by atoms with E-state index in [9.17, 15) is 13.2 Å². The summed E-state index contributed by atoms with van der Waals surface area (Å²) in [6.45, 7) is 0.627. The van der Waals surface area contributed by atoms with Crippen molar-refractivity contribution in [3.05, 3.63) is 47.0 Å². The molecule has 6 nitrogen and oxygen atoms in total. The number of carbonyl (C=O) groups excluding carboxylic acids is 1. The molecule has 0 unspecified atom stereocenters. The van der Waals surface area contributed by atoms with Gasteiger partial charge in [-0.3, -0.25) is 4.79 Å². The molecule has 1 aliphatic heterocycles. The van der Waals surface area contributed by atoms with Crippen LogP contribution in [0.4, 0.5) is 5.69 Å². The number of sulfonamides is 1. The number of fused-ring (bicyclic) bond motifs is 2. The molecule has 0 bridgehead atoms. The number of aryl methyl sites for hydroxylation is 1. The van der Waals surface area contributed by atoms with Crippen LogP contribution in [0.25, 0.3) is 10.2 Å². The molecule has 10 heteroatoms. The van der Waals surface area contributed by atoms with Crippen LogP contribution in [-0.4, -0.2) is 50.0 Å². The Kier molecular flexibility index (Phi) is 6.09. The number of thioether (sulfide) groups is 1. The zero-order valence-corrected chi connectivity index (χ0v) is 19.7. The largest absolute Gasteiger partial charge is 0.311 e. The molecule has 158 valence electrons. The molecule has 2 aromatic carbocycles. The lowest BCUT2D eigenvalue weighted by molar-refractivity contribution is -0.116. The number of thiazole rings is 1. The smallest absolute Gasteiger partial charge is 0.242 e. The van der Waals surface area contributed by atoms with E-state index in [-0.39, 0.29) is 16.6 Å². The second kappa shape index (κ2) is 8.47.